The molecule has 0 radical (unpaired) electrons. The van der Waals surface area contributed by atoms with E-state index in [4.69, 9.17) is 5.73 Å². The number of hydrogen-bond donors (Lipinski definition) is 4. The Morgan fingerprint density at radius 3 is 2.88 bits per heavy atom. The highest BCUT2D eigenvalue weighted by Gasteiger charge is 2.01. The number of anilines is 2. The van der Waals surface area contributed by atoms with Gasteiger partial charge in [-0.1, -0.05) is 12.1 Å². The van der Waals surface area contributed by atoms with Gasteiger partial charge in [-0.05, 0) is 17.7 Å². The second-order valence-electron chi connectivity index (χ2n) is 3.45. The van der Waals surface area contributed by atoms with Crippen molar-refractivity contribution >= 4 is 11.5 Å². The van der Waals surface area contributed by atoms with E-state index in [-0.39, 0.29) is 5.82 Å². The molecule has 0 aliphatic rings. The van der Waals surface area contributed by atoms with E-state index in [9.17, 15) is 9.59 Å². The van der Waals surface area contributed by atoms with E-state index in [1.54, 1.807) is 12.1 Å². The van der Waals surface area contributed by atoms with Crippen molar-refractivity contribution in [3.8, 4) is 0 Å². The van der Waals surface area contributed by atoms with Crippen LogP contribution in [0.5, 0.6) is 0 Å². The molecule has 0 amide bonds. The standard InChI is InChI=1S/C10H11N5O2/c11-7-3-1-2-6(4-7)5-12-8-9(16)13-10(17)15-14-8/h1-4H,5,11H2,(H,12,14)(H2,13,15,16,17). The highest BCUT2D eigenvalue weighted by Crippen LogP contribution is 2.07. The third-order valence-electron chi connectivity index (χ3n) is 2.12. The minimum atomic E-state index is -0.635. The van der Waals surface area contributed by atoms with Crippen LogP contribution >= 0.6 is 0 Å². The maximum absolute atomic E-state index is 11.3. The quantitative estimate of drug-likeness (QED) is 0.541. The van der Waals surface area contributed by atoms with E-state index in [1.165, 1.54) is 0 Å². The van der Waals surface area contributed by atoms with E-state index in [0.717, 1.165) is 5.56 Å². The predicted molar refractivity (Wildman–Crippen MR) is 63.7 cm³/mol. The Bertz CT molecular complexity index is 631. The topological polar surface area (TPSA) is 117 Å². The minimum absolute atomic E-state index is 0.0621. The van der Waals surface area contributed by atoms with Crippen LogP contribution < -0.4 is 22.3 Å². The van der Waals surface area contributed by atoms with Crippen LogP contribution in [-0.4, -0.2) is 15.2 Å². The van der Waals surface area contributed by atoms with Crippen LogP contribution in [0.4, 0.5) is 11.5 Å². The van der Waals surface area contributed by atoms with E-state index in [2.05, 4.69) is 20.5 Å². The van der Waals surface area contributed by atoms with Gasteiger partial charge in [-0.2, -0.15) is 0 Å². The fourth-order valence-corrected chi connectivity index (χ4v) is 1.36. The van der Waals surface area contributed by atoms with Crippen molar-refractivity contribution < 1.29 is 0 Å². The molecule has 0 unspecified atom stereocenters. The summed E-state index contributed by atoms with van der Waals surface area (Å²) in [5, 5.41) is 8.53. The van der Waals surface area contributed by atoms with Crippen LogP contribution in [0.3, 0.4) is 0 Å². The van der Waals surface area contributed by atoms with Crippen molar-refractivity contribution in [1.29, 1.82) is 0 Å². The van der Waals surface area contributed by atoms with Crippen LogP contribution in [0.25, 0.3) is 0 Å². The molecule has 1 aromatic heterocycles. The Labute approximate surface area is 95.7 Å². The summed E-state index contributed by atoms with van der Waals surface area (Å²) < 4.78 is 0. The summed E-state index contributed by atoms with van der Waals surface area (Å²) in [4.78, 5) is 24.1. The van der Waals surface area contributed by atoms with Crippen LogP contribution in [0.1, 0.15) is 5.56 Å². The van der Waals surface area contributed by atoms with Gasteiger partial charge in [0.05, 0.1) is 0 Å². The maximum atomic E-state index is 11.3. The van der Waals surface area contributed by atoms with Crippen LogP contribution in [-0.2, 0) is 6.54 Å². The van der Waals surface area contributed by atoms with Gasteiger partial charge in [0, 0.05) is 12.2 Å². The number of aromatic nitrogens is 3. The lowest BCUT2D eigenvalue weighted by Gasteiger charge is -2.04. The van der Waals surface area contributed by atoms with Gasteiger partial charge in [0.25, 0.3) is 5.56 Å². The Balaban J connectivity index is 2.12. The number of hydrogen-bond acceptors (Lipinski definition) is 5. The number of nitrogens with one attached hydrogen (secondary N) is 3. The van der Waals surface area contributed by atoms with E-state index >= 15 is 0 Å². The molecule has 1 aromatic carbocycles. The van der Waals surface area contributed by atoms with Crippen molar-refractivity contribution in [3.63, 3.8) is 0 Å². The zero-order chi connectivity index (χ0) is 12.3. The van der Waals surface area contributed by atoms with Crippen molar-refractivity contribution in [2.45, 2.75) is 6.54 Å². The van der Waals surface area contributed by atoms with Gasteiger partial charge in [-0.15, -0.1) is 5.10 Å². The number of H-pyrrole nitrogens is 2. The summed E-state index contributed by atoms with van der Waals surface area (Å²) in [5.74, 6) is 0.0621. The van der Waals surface area contributed by atoms with Gasteiger partial charge >= 0.3 is 5.69 Å². The summed E-state index contributed by atoms with van der Waals surface area (Å²) in [7, 11) is 0. The Morgan fingerprint density at radius 1 is 1.35 bits per heavy atom. The van der Waals surface area contributed by atoms with Crippen LogP contribution in [0.2, 0.25) is 0 Å². The Hall–Kier alpha value is -2.57. The average Bonchev–Trinajstić information content (AvgIpc) is 2.28. The first-order valence-corrected chi connectivity index (χ1v) is 4.92. The van der Waals surface area contributed by atoms with Gasteiger partial charge in [-0.3, -0.25) is 9.78 Å². The van der Waals surface area contributed by atoms with Crippen LogP contribution in [0, 0.1) is 0 Å². The van der Waals surface area contributed by atoms with Crippen LogP contribution in [0.15, 0.2) is 33.9 Å². The van der Waals surface area contributed by atoms with Gasteiger partial charge in [0.2, 0.25) is 5.82 Å². The molecule has 0 spiro atoms. The lowest BCUT2D eigenvalue weighted by Crippen LogP contribution is -2.26. The van der Waals surface area contributed by atoms with E-state index in [0.29, 0.717) is 12.2 Å². The Kier molecular flexibility index (Phi) is 2.91. The molecule has 0 atom stereocenters. The highest BCUT2D eigenvalue weighted by molar-refractivity contribution is 5.42. The number of nitrogen functional groups attached to an aromatic ring is 1. The summed E-state index contributed by atoms with van der Waals surface area (Å²) in [6, 6.07) is 7.24. The fourth-order valence-electron chi connectivity index (χ4n) is 1.36. The first-order chi connectivity index (χ1) is 8.15. The molecule has 7 heteroatoms. The van der Waals surface area contributed by atoms with Crippen molar-refractivity contribution in [2.24, 2.45) is 0 Å². The highest BCUT2D eigenvalue weighted by atomic mass is 16.2. The largest absolute Gasteiger partial charge is 0.399 e. The summed E-state index contributed by atoms with van der Waals surface area (Å²) in [6.45, 7) is 0.396. The molecule has 0 aliphatic carbocycles. The number of aromatic amines is 2. The van der Waals surface area contributed by atoms with E-state index < -0.39 is 11.2 Å². The predicted octanol–water partition coefficient (Wildman–Crippen LogP) is -0.348. The Morgan fingerprint density at radius 2 is 2.18 bits per heavy atom. The van der Waals surface area contributed by atoms with Crippen molar-refractivity contribution in [3.05, 3.63) is 50.7 Å². The molecule has 0 saturated heterocycles. The van der Waals surface area contributed by atoms with Gasteiger partial charge in [0.15, 0.2) is 0 Å². The molecule has 7 nitrogen and oxygen atoms in total. The molecule has 88 valence electrons. The van der Waals surface area contributed by atoms with Gasteiger partial charge < -0.3 is 11.1 Å². The molecule has 2 rings (SSSR count). The second-order valence-corrected chi connectivity index (χ2v) is 3.45. The zero-order valence-corrected chi connectivity index (χ0v) is 8.86. The van der Waals surface area contributed by atoms with Gasteiger partial charge in [-0.25, -0.2) is 9.89 Å². The first-order valence-electron chi connectivity index (χ1n) is 4.92. The number of nitrogens with zero attached hydrogens (tertiary/aromatic N) is 1. The van der Waals surface area contributed by atoms with Gasteiger partial charge in [0.1, 0.15) is 0 Å². The zero-order valence-electron chi connectivity index (χ0n) is 8.86. The molecular weight excluding hydrogens is 222 g/mol. The smallest absolute Gasteiger partial charge is 0.342 e. The van der Waals surface area contributed by atoms with Crippen molar-refractivity contribution in [1.82, 2.24) is 15.2 Å². The third-order valence-corrected chi connectivity index (χ3v) is 2.12. The third kappa shape index (κ3) is 2.71. The molecule has 0 bridgehead atoms. The molecule has 1 heterocycles. The average molecular weight is 233 g/mol. The summed E-state index contributed by atoms with van der Waals surface area (Å²) in [5.41, 5.74) is 5.99. The fraction of sp³-hybridized carbons (Fsp3) is 0.100. The lowest BCUT2D eigenvalue weighted by molar-refractivity contribution is 0.883. The maximum Gasteiger partial charge on any atom is 0.342 e. The first kappa shape index (κ1) is 10.9. The molecule has 17 heavy (non-hydrogen) atoms. The lowest BCUT2D eigenvalue weighted by atomic mass is 10.2. The number of rotatable bonds is 3. The molecular formula is C10H11N5O2. The SMILES string of the molecule is Nc1cccc(CNc2n[nH]c(=O)[nH]c2=O)c1. The van der Waals surface area contributed by atoms with Crippen molar-refractivity contribution in [2.75, 3.05) is 11.1 Å². The molecule has 0 fully saturated rings. The normalized spacial score (nSPS) is 10.1. The second kappa shape index (κ2) is 4.52. The summed E-state index contributed by atoms with van der Waals surface area (Å²) >= 11 is 0. The number of benzene rings is 1. The monoisotopic (exact) mass is 233 g/mol. The summed E-state index contributed by atoms with van der Waals surface area (Å²) in [6.07, 6.45) is 0. The molecule has 0 saturated carbocycles. The molecule has 2 aromatic rings. The minimum Gasteiger partial charge on any atom is -0.399 e. The molecule has 0 aliphatic heterocycles. The molecule has 5 N–H and O–H groups in total. The number of nitrogens with two attached hydrogens (primary N) is 1. The van der Waals surface area contributed by atoms with E-state index in [1.807, 2.05) is 12.1 Å².